The van der Waals surface area contributed by atoms with Crippen molar-refractivity contribution in [3.05, 3.63) is 51.5 Å². The molecule has 0 aliphatic heterocycles. The van der Waals surface area contributed by atoms with Crippen molar-refractivity contribution in [2.45, 2.75) is 4.90 Å². The van der Waals surface area contributed by atoms with Gasteiger partial charge in [0.15, 0.2) is 0 Å². The van der Waals surface area contributed by atoms with Crippen LogP contribution in [0.15, 0.2) is 41.3 Å². The Labute approximate surface area is 141 Å². The number of hydrogen-bond donors (Lipinski definition) is 2. The third-order valence-corrected chi connectivity index (χ3v) is 4.35. The molecule has 110 valence electrons. The first kappa shape index (κ1) is 16.3. The zero-order valence-electron chi connectivity index (χ0n) is 10.7. The van der Waals surface area contributed by atoms with E-state index < -0.39 is 0 Å². The zero-order valence-corrected chi connectivity index (χ0v) is 13.8. The van der Waals surface area contributed by atoms with E-state index in [1.54, 1.807) is 12.1 Å². The van der Waals surface area contributed by atoms with Gasteiger partial charge < -0.3 is 11.1 Å². The van der Waals surface area contributed by atoms with Gasteiger partial charge in [0, 0.05) is 15.6 Å². The Kier molecular flexibility index (Phi) is 5.65. The number of nitrogens with two attached hydrogens (primary N) is 1. The molecule has 0 saturated heterocycles. The van der Waals surface area contributed by atoms with Crippen LogP contribution in [-0.4, -0.2) is 11.7 Å². The number of hydrogen-bond acceptors (Lipinski definition) is 3. The molecule has 0 atom stereocenters. The Morgan fingerprint density at radius 2 is 1.67 bits per heavy atom. The number of carbonyl (C=O) groups excluding carboxylic acids is 1. The number of thioether (sulfide) groups is 1. The first-order valence-corrected chi connectivity index (χ1v) is 8.00. The Morgan fingerprint density at radius 1 is 1.10 bits per heavy atom. The molecule has 3 nitrogen and oxygen atoms in total. The minimum absolute atomic E-state index is 0.206. The van der Waals surface area contributed by atoms with Gasteiger partial charge in [-0.3, -0.25) is 4.79 Å². The second kappa shape index (κ2) is 7.27. The molecule has 2 rings (SSSR count). The fourth-order valence-electron chi connectivity index (χ4n) is 1.55. The van der Waals surface area contributed by atoms with Crippen LogP contribution in [0.5, 0.6) is 0 Å². The summed E-state index contributed by atoms with van der Waals surface area (Å²) in [6.07, 6.45) is 0. The molecule has 0 aliphatic rings. The maximum atomic E-state index is 11.9. The number of benzene rings is 2. The Hall–Kier alpha value is -1.07. The molecular formula is C14H11Cl3N2OS. The minimum Gasteiger partial charge on any atom is -0.399 e. The lowest BCUT2D eigenvalue weighted by atomic mass is 10.3. The summed E-state index contributed by atoms with van der Waals surface area (Å²) in [4.78, 5) is 12.9. The van der Waals surface area contributed by atoms with Crippen molar-refractivity contribution >= 4 is 63.8 Å². The van der Waals surface area contributed by atoms with E-state index in [4.69, 9.17) is 40.5 Å². The van der Waals surface area contributed by atoms with Crippen molar-refractivity contribution in [2.75, 3.05) is 16.8 Å². The van der Waals surface area contributed by atoms with E-state index in [-0.39, 0.29) is 11.7 Å². The summed E-state index contributed by atoms with van der Waals surface area (Å²) in [6, 6.07) is 10.3. The Bertz CT molecular complexity index is 639. The summed E-state index contributed by atoms with van der Waals surface area (Å²) >= 11 is 19.2. The van der Waals surface area contributed by atoms with E-state index in [1.807, 2.05) is 12.1 Å². The van der Waals surface area contributed by atoms with Gasteiger partial charge in [-0.15, -0.1) is 11.8 Å². The summed E-state index contributed by atoms with van der Waals surface area (Å²) in [7, 11) is 0. The zero-order chi connectivity index (χ0) is 15.4. The van der Waals surface area contributed by atoms with E-state index in [2.05, 4.69) is 5.32 Å². The average Bonchev–Trinajstić information content (AvgIpc) is 2.42. The first-order chi connectivity index (χ1) is 9.95. The summed E-state index contributed by atoms with van der Waals surface area (Å²) in [5, 5.41) is 3.70. The molecular weight excluding hydrogens is 351 g/mol. The van der Waals surface area contributed by atoms with Crippen molar-refractivity contribution in [1.29, 1.82) is 0 Å². The number of anilines is 2. The second-order valence-corrected chi connectivity index (χ2v) is 6.45. The lowest BCUT2D eigenvalue weighted by molar-refractivity contribution is -0.113. The van der Waals surface area contributed by atoms with E-state index in [0.29, 0.717) is 26.4 Å². The van der Waals surface area contributed by atoms with E-state index in [1.165, 1.54) is 23.9 Å². The summed E-state index contributed by atoms with van der Waals surface area (Å²) < 4.78 is 0. The van der Waals surface area contributed by atoms with Crippen LogP contribution in [0.3, 0.4) is 0 Å². The predicted octanol–water partition coefficient (Wildman–Crippen LogP) is 4.96. The highest BCUT2D eigenvalue weighted by atomic mass is 35.5. The Balaban J connectivity index is 1.97. The van der Waals surface area contributed by atoms with Gasteiger partial charge in [-0.05, 0) is 36.4 Å². The standard InChI is InChI=1S/C14H11Cl3N2OS/c15-8-5-11(16)14(12(17)6-8)19-13(20)7-21-10-3-1-9(18)2-4-10/h1-6H,7,18H2,(H,19,20). The molecule has 0 aliphatic carbocycles. The van der Waals surface area contributed by atoms with Crippen LogP contribution in [0.1, 0.15) is 0 Å². The number of rotatable bonds is 4. The van der Waals surface area contributed by atoms with Crippen molar-refractivity contribution in [3.8, 4) is 0 Å². The summed E-state index contributed by atoms with van der Waals surface area (Å²) in [5.74, 6) is 0.0297. The fourth-order valence-corrected chi connectivity index (χ4v) is 3.16. The maximum absolute atomic E-state index is 11.9. The molecule has 0 bridgehead atoms. The molecule has 3 N–H and O–H groups in total. The highest BCUT2D eigenvalue weighted by Crippen LogP contribution is 2.33. The van der Waals surface area contributed by atoms with Gasteiger partial charge >= 0.3 is 0 Å². The van der Waals surface area contributed by atoms with E-state index >= 15 is 0 Å². The predicted molar refractivity (Wildman–Crippen MR) is 91.7 cm³/mol. The molecule has 0 radical (unpaired) electrons. The molecule has 1 amide bonds. The molecule has 21 heavy (non-hydrogen) atoms. The smallest absolute Gasteiger partial charge is 0.234 e. The topological polar surface area (TPSA) is 55.1 Å². The van der Waals surface area contributed by atoms with Crippen LogP contribution in [0.25, 0.3) is 0 Å². The minimum atomic E-state index is -0.206. The van der Waals surface area contributed by atoms with Gasteiger partial charge in [-0.25, -0.2) is 0 Å². The van der Waals surface area contributed by atoms with E-state index in [0.717, 1.165) is 4.90 Å². The molecule has 0 unspecified atom stereocenters. The Morgan fingerprint density at radius 3 is 2.24 bits per heavy atom. The van der Waals surface area contributed by atoms with Crippen molar-refractivity contribution in [3.63, 3.8) is 0 Å². The number of amides is 1. The highest BCUT2D eigenvalue weighted by molar-refractivity contribution is 8.00. The number of nitrogen functional groups attached to an aromatic ring is 1. The molecule has 2 aromatic rings. The molecule has 0 heterocycles. The van der Waals surface area contributed by atoms with Gasteiger partial charge in [-0.2, -0.15) is 0 Å². The van der Waals surface area contributed by atoms with Crippen LogP contribution in [0, 0.1) is 0 Å². The molecule has 0 spiro atoms. The van der Waals surface area contributed by atoms with Crippen molar-refractivity contribution in [1.82, 2.24) is 0 Å². The summed E-state index contributed by atoms with van der Waals surface area (Å²) in [6.45, 7) is 0. The molecule has 0 fully saturated rings. The number of halogens is 3. The van der Waals surface area contributed by atoms with Crippen LogP contribution in [0.2, 0.25) is 15.1 Å². The normalized spacial score (nSPS) is 10.4. The largest absolute Gasteiger partial charge is 0.399 e. The molecule has 7 heteroatoms. The number of nitrogens with one attached hydrogen (secondary N) is 1. The van der Waals surface area contributed by atoms with Crippen LogP contribution >= 0.6 is 46.6 Å². The third kappa shape index (κ3) is 4.71. The monoisotopic (exact) mass is 360 g/mol. The average molecular weight is 362 g/mol. The molecule has 0 saturated carbocycles. The molecule has 0 aromatic heterocycles. The van der Waals surface area contributed by atoms with Gasteiger partial charge in [0.2, 0.25) is 5.91 Å². The first-order valence-electron chi connectivity index (χ1n) is 5.88. The van der Waals surface area contributed by atoms with E-state index in [9.17, 15) is 4.79 Å². The van der Waals surface area contributed by atoms with Gasteiger partial charge in [-0.1, -0.05) is 34.8 Å². The maximum Gasteiger partial charge on any atom is 0.234 e. The highest BCUT2D eigenvalue weighted by Gasteiger charge is 2.11. The van der Waals surface area contributed by atoms with Gasteiger partial charge in [0.25, 0.3) is 0 Å². The lowest BCUT2D eigenvalue weighted by Gasteiger charge is -2.09. The fraction of sp³-hybridized carbons (Fsp3) is 0.0714. The van der Waals surface area contributed by atoms with Crippen molar-refractivity contribution < 1.29 is 4.79 Å². The van der Waals surface area contributed by atoms with Gasteiger partial charge in [0.05, 0.1) is 21.5 Å². The lowest BCUT2D eigenvalue weighted by Crippen LogP contribution is -2.14. The SMILES string of the molecule is Nc1ccc(SCC(=O)Nc2c(Cl)cc(Cl)cc2Cl)cc1. The second-order valence-electron chi connectivity index (χ2n) is 4.15. The van der Waals surface area contributed by atoms with Crippen LogP contribution in [-0.2, 0) is 4.79 Å². The number of carbonyl (C=O) groups is 1. The third-order valence-electron chi connectivity index (χ3n) is 2.52. The van der Waals surface area contributed by atoms with Gasteiger partial charge in [0.1, 0.15) is 0 Å². The quantitative estimate of drug-likeness (QED) is 0.598. The van der Waals surface area contributed by atoms with Crippen LogP contribution < -0.4 is 11.1 Å². The van der Waals surface area contributed by atoms with Crippen molar-refractivity contribution in [2.24, 2.45) is 0 Å². The van der Waals surface area contributed by atoms with Crippen LogP contribution in [0.4, 0.5) is 11.4 Å². The molecule has 2 aromatic carbocycles. The summed E-state index contributed by atoms with van der Waals surface area (Å²) in [5.41, 5.74) is 6.65.